The summed E-state index contributed by atoms with van der Waals surface area (Å²) in [6.07, 6.45) is 2.60. The Bertz CT molecular complexity index is 582. The number of carboxylic acid groups (broad SMARTS) is 1. The fourth-order valence-corrected chi connectivity index (χ4v) is 3.56. The third-order valence-corrected chi connectivity index (χ3v) is 4.80. The molecule has 0 aromatic carbocycles. The smallest absolute Gasteiger partial charge is 0.326 e. The van der Waals surface area contributed by atoms with Gasteiger partial charge in [-0.15, -0.1) is 11.3 Å². The normalized spacial score (nSPS) is 18.6. The molecule has 1 aromatic heterocycles. The Morgan fingerprint density at radius 1 is 1.52 bits per heavy atom. The van der Waals surface area contributed by atoms with Gasteiger partial charge in [0.15, 0.2) is 0 Å². The highest BCUT2D eigenvalue weighted by Gasteiger charge is 2.25. The molecule has 1 aromatic rings. The molecule has 1 aliphatic rings. The number of fused-ring (bicyclic) bond motifs is 1. The van der Waals surface area contributed by atoms with Gasteiger partial charge in [-0.2, -0.15) is 0 Å². The van der Waals surface area contributed by atoms with Gasteiger partial charge in [-0.3, -0.25) is 9.59 Å². The highest BCUT2D eigenvalue weighted by atomic mass is 32.1. The van der Waals surface area contributed by atoms with E-state index in [1.807, 2.05) is 6.07 Å². The number of nitrogens with two attached hydrogens (primary N) is 1. The van der Waals surface area contributed by atoms with Crippen LogP contribution >= 0.6 is 11.3 Å². The highest BCUT2D eigenvalue weighted by molar-refractivity contribution is 7.14. The van der Waals surface area contributed by atoms with E-state index in [4.69, 9.17) is 10.8 Å². The minimum atomic E-state index is -1.28. The molecule has 0 bridgehead atoms. The van der Waals surface area contributed by atoms with Crippen molar-refractivity contribution in [1.82, 2.24) is 5.32 Å². The second-order valence-corrected chi connectivity index (χ2v) is 6.58. The molecule has 1 unspecified atom stereocenters. The molecule has 114 valence electrons. The molecule has 4 N–H and O–H groups in total. The molecule has 0 saturated heterocycles. The number of hydrogen-bond donors (Lipinski definition) is 3. The van der Waals surface area contributed by atoms with Crippen molar-refractivity contribution in [2.75, 3.05) is 0 Å². The Kier molecular flexibility index (Phi) is 4.62. The zero-order valence-corrected chi connectivity index (χ0v) is 12.5. The molecule has 1 aliphatic carbocycles. The molecule has 2 amide bonds. The number of primary amides is 1. The van der Waals surface area contributed by atoms with Crippen LogP contribution in [0.5, 0.6) is 0 Å². The monoisotopic (exact) mass is 310 g/mol. The minimum absolute atomic E-state index is 0.413. The fourth-order valence-electron chi connectivity index (χ4n) is 2.45. The topological polar surface area (TPSA) is 109 Å². The van der Waals surface area contributed by atoms with Crippen molar-refractivity contribution in [3.63, 3.8) is 0 Å². The predicted octanol–water partition coefficient (Wildman–Crippen LogP) is 0.931. The van der Waals surface area contributed by atoms with Crippen molar-refractivity contribution in [2.24, 2.45) is 11.7 Å². The summed E-state index contributed by atoms with van der Waals surface area (Å²) in [6, 6.07) is 0.543. The van der Waals surface area contributed by atoms with Crippen LogP contribution in [0.1, 0.15) is 39.9 Å². The molecule has 6 nitrogen and oxygen atoms in total. The van der Waals surface area contributed by atoms with Crippen molar-refractivity contribution in [2.45, 2.75) is 38.6 Å². The predicted molar refractivity (Wildman–Crippen MR) is 78.2 cm³/mol. The van der Waals surface area contributed by atoms with E-state index in [0.29, 0.717) is 10.8 Å². The summed E-state index contributed by atoms with van der Waals surface area (Å²) < 4.78 is 0. The first kappa shape index (κ1) is 15.5. The molecule has 0 aliphatic heterocycles. The Morgan fingerprint density at radius 3 is 2.86 bits per heavy atom. The second kappa shape index (κ2) is 6.26. The molecule has 1 heterocycles. The number of hydrogen-bond acceptors (Lipinski definition) is 4. The van der Waals surface area contributed by atoms with Crippen LogP contribution in [0.4, 0.5) is 0 Å². The Hall–Kier alpha value is -1.89. The Labute approximate surface area is 126 Å². The van der Waals surface area contributed by atoms with E-state index in [9.17, 15) is 14.4 Å². The van der Waals surface area contributed by atoms with E-state index < -0.39 is 30.2 Å². The van der Waals surface area contributed by atoms with Gasteiger partial charge in [-0.25, -0.2) is 4.79 Å². The van der Waals surface area contributed by atoms with Gasteiger partial charge in [0.25, 0.3) is 5.91 Å². The van der Waals surface area contributed by atoms with Gasteiger partial charge >= 0.3 is 5.97 Å². The van der Waals surface area contributed by atoms with Gasteiger partial charge in [0.05, 0.1) is 11.3 Å². The van der Waals surface area contributed by atoms with Crippen LogP contribution in [0.15, 0.2) is 6.07 Å². The van der Waals surface area contributed by atoms with Gasteiger partial charge in [0, 0.05) is 4.88 Å². The lowest BCUT2D eigenvalue weighted by Gasteiger charge is -2.16. The summed E-state index contributed by atoms with van der Waals surface area (Å²) in [7, 11) is 0. The van der Waals surface area contributed by atoms with Gasteiger partial charge in [-0.05, 0) is 36.8 Å². The summed E-state index contributed by atoms with van der Waals surface area (Å²) in [5.41, 5.74) is 6.16. The largest absolute Gasteiger partial charge is 0.480 e. The quantitative estimate of drug-likeness (QED) is 0.751. The van der Waals surface area contributed by atoms with Crippen molar-refractivity contribution < 1.29 is 19.5 Å². The first-order chi connectivity index (χ1) is 9.86. The van der Waals surface area contributed by atoms with E-state index in [0.717, 1.165) is 19.3 Å². The van der Waals surface area contributed by atoms with Gasteiger partial charge in [0.1, 0.15) is 6.04 Å². The summed E-state index contributed by atoms with van der Waals surface area (Å²) >= 11 is 1.40. The number of amides is 2. The maximum Gasteiger partial charge on any atom is 0.326 e. The standard InChI is InChI=1S/C14H18N2O4S/c1-7-2-3-10-8(4-7)5-11(21-10)13(18)16-9(14(19)20)6-12(15)17/h5,7,9H,2-4,6H2,1H3,(H2,15,17)(H,16,18)(H,19,20)/t7?,9-/m1/s1. The zero-order valence-electron chi connectivity index (χ0n) is 11.7. The van der Waals surface area contributed by atoms with Crippen LogP contribution in [-0.4, -0.2) is 28.9 Å². The maximum atomic E-state index is 12.1. The molecule has 0 spiro atoms. The fraction of sp³-hybridized carbons (Fsp3) is 0.500. The lowest BCUT2D eigenvalue weighted by Crippen LogP contribution is -2.43. The third-order valence-electron chi connectivity index (χ3n) is 3.56. The first-order valence-corrected chi connectivity index (χ1v) is 7.62. The third kappa shape index (κ3) is 3.81. The van der Waals surface area contributed by atoms with E-state index in [-0.39, 0.29) is 0 Å². The van der Waals surface area contributed by atoms with Crippen LogP contribution in [0.2, 0.25) is 0 Å². The molecular formula is C14H18N2O4S. The molecule has 7 heteroatoms. The molecule has 21 heavy (non-hydrogen) atoms. The van der Waals surface area contributed by atoms with Crippen LogP contribution in [0.25, 0.3) is 0 Å². The number of carbonyl (C=O) groups is 3. The van der Waals surface area contributed by atoms with Crippen molar-refractivity contribution in [1.29, 1.82) is 0 Å². The van der Waals surface area contributed by atoms with Gasteiger partial charge in [0.2, 0.25) is 5.91 Å². The second-order valence-electron chi connectivity index (χ2n) is 5.44. The number of aryl methyl sites for hydroxylation is 1. The van der Waals surface area contributed by atoms with E-state index in [2.05, 4.69) is 12.2 Å². The van der Waals surface area contributed by atoms with Crippen molar-refractivity contribution in [3.8, 4) is 0 Å². The molecular weight excluding hydrogens is 292 g/mol. The number of thiophene rings is 1. The lowest BCUT2D eigenvalue weighted by atomic mass is 9.90. The first-order valence-electron chi connectivity index (χ1n) is 6.80. The summed E-state index contributed by atoms with van der Waals surface area (Å²) in [4.78, 5) is 35.7. The Morgan fingerprint density at radius 2 is 2.24 bits per heavy atom. The average Bonchev–Trinajstić information content (AvgIpc) is 2.80. The van der Waals surface area contributed by atoms with Crippen LogP contribution in [-0.2, 0) is 22.4 Å². The molecule has 0 radical (unpaired) electrons. The maximum absolute atomic E-state index is 12.1. The number of carboxylic acids is 1. The average molecular weight is 310 g/mol. The summed E-state index contributed by atoms with van der Waals surface area (Å²) in [5.74, 6) is -1.89. The minimum Gasteiger partial charge on any atom is -0.480 e. The number of aliphatic carboxylic acids is 1. The molecule has 0 fully saturated rings. The van der Waals surface area contributed by atoms with E-state index >= 15 is 0 Å². The summed E-state index contributed by atoms with van der Waals surface area (Å²) in [6.45, 7) is 2.17. The van der Waals surface area contributed by atoms with Crippen LogP contribution < -0.4 is 11.1 Å². The van der Waals surface area contributed by atoms with Gasteiger partial charge in [-0.1, -0.05) is 6.92 Å². The van der Waals surface area contributed by atoms with Crippen LogP contribution in [0, 0.1) is 5.92 Å². The molecule has 0 saturated carbocycles. The van der Waals surface area contributed by atoms with Crippen molar-refractivity contribution in [3.05, 3.63) is 21.4 Å². The van der Waals surface area contributed by atoms with Crippen LogP contribution in [0.3, 0.4) is 0 Å². The number of carbonyl (C=O) groups excluding carboxylic acids is 2. The van der Waals surface area contributed by atoms with Crippen molar-refractivity contribution >= 4 is 29.1 Å². The SMILES string of the molecule is CC1CCc2sc(C(=O)N[C@H](CC(N)=O)C(=O)O)cc2C1. The molecule has 2 atom stereocenters. The number of nitrogens with one attached hydrogen (secondary N) is 1. The number of rotatable bonds is 5. The lowest BCUT2D eigenvalue weighted by molar-refractivity contribution is -0.140. The summed E-state index contributed by atoms with van der Waals surface area (Å²) in [5, 5.41) is 11.4. The van der Waals surface area contributed by atoms with Gasteiger partial charge < -0.3 is 16.2 Å². The molecule has 2 rings (SSSR count). The van der Waals surface area contributed by atoms with E-state index in [1.165, 1.54) is 21.8 Å². The zero-order chi connectivity index (χ0) is 15.6. The Balaban J connectivity index is 2.09. The van der Waals surface area contributed by atoms with E-state index in [1.54, 1.807) is 0 Å². The highest BCUT2D eigenvalue weighted by Crippen LogP contribution is 2.32.